The van der Waals surface area contributed by atoms with Crippen LogP contribution in [0.15, 0.2) is 18.2 Å². The van der Waals surface area contributed by atoms with Gasteiger partial charge in [-0.05, 0) is 12.1 Å². The van der Waals surface area contributed by atoms with Gasteiger partial charge in [-0.25, -0.2) is 0 Å². The number of hydrogen-bond donors (Lipinski definition) is 2. The lowest BCUT2D eigenvalue weighted by Crippen LogP contribution is -2.36. The Labute approximate surface area is 144 Å². The number of rotatable bonds is 7. The standard InChI is InChI=1S/C14H19Cl2NO2S2/c15-13-2-1-11(5-14(13)16)19-8-10(18)6-17-7-12-9-20-3-4-21-12/h1-2,5,10,12,17-18H,3-4,6-9H2. The molecule has 1 aliphatic heterocycles. The number of thioether (sulfide) groups is 2. The summed E-state index contributed by atoms with van der Waals surface area (Å²) in [6.45, 7) is 1.70. The van der Waals surface area contributed by atoms with Gasteiger partial charge in [-0.3, -0.25) is 0 Å². The molecule has 0 bridgehead atoms. The third kappa shape index (κ3) is 6.47. The topological polar surface area (TPSA) is 41.5 Å². The van der Waals surface area contributed by atoms with E-state index in [9.17, 15) is 5.11 Å². The lowest BCUT2D eigenvalue weighted by atomic mass is 10.3. The minimum absolute atomic E-state index is 0.234. The molecule has 1 aromatic carbocycles. The lowest BCUT2D eigenvalue weighted by molar-refractivity contribution is 0.107. The maximum Gasteiger partial charge on any atom is 0.121 e. The summed E-state index contributed by atoms with van der Waals surface area (Å²) >= 11 is 15.7. The SMILES string of the molecule is OC(CNCC1CSCCS1)COc1ccc(Cl)c(Cl)c1. The molecule has 21 heavy (non-hydrogen) atoms. The molecule has 0 aromatic heterocycles. The zero-order chi connectivity index (χ0) is 15.1. The lowest BCUT2D eigenvalue weighted by Gasteiger charge is -2.22. The highest BCUT2D eigenvalue weighted by molar-refractivity contribution is 8.06. The molecule has 2 rings (SSSR count). The second-order valence-corrected chi connectivity index (χ2v) is 8.14. The molecule has 0 amide bonds. The van der Waals surface area contributed by atoms with Crippen molar-refractivity contribution in [3.63, 3.8) is 0 Å². The molecule has 3 nitrogen and oxygen atoms in total. The first-order chi connectivity index (χ1) is 10.1. The zero-order valence-electron chi connectivity index (χ0n) is 11.6. The molecule has 2 atom stereocenters. The Kier molecular flexibility index (Phi) is 7.85. The predicted molar refractivity (Wildman–Crippen MR) is 94.4 cm³/mol. The van der Waals surface area contributed by atoms with Gasteiger partial charge in [0, 0.05) is 41.7 Å². The molecule has 118 valence electrons. The van der Waals surface area contributed by atoms with Crippen LogP contribution in [0.3, 0.4) is 0 Å². The maximum atomic E-state index is 9.91. The first-order valence-electron chi connectivity index (χ1n) is 6.81. The minimum atomic E-state index is -0.541. The van der Waals surface area contributed by atoms with Crippen LogP contribution in [-0.2, 0) is 0 Å². The summed E-state index contributed by atoms with van der Waals surface area (Å²) < 4.78 is 5.50. The van der Waals surface area contributed by atoms with Crippen molar-refractivity contribution >= 4 is 46.7 Å². The Bertz CT molecular complexity index is 445. The second kappa shape index (κ2) is 9.38. The van der Waals surface area contributed by atoms with Crippen LogP contribution < -0.4 is 10.1 Å². The normalized spacial score (nSPS) is 20.2. The fourth-order valence-electron chi connectivity index (χ4n) is 1.88. The summed E-state index contributed by atoms with van der Waals surface area (Å²) in [7, 11) is 0. The molecule has 2 N–H and O–H groups in total. The largest absolute Gasteiger partial charge is 0.491 e. The van der Waals surface area contributed by atoms with Gasteiger partial charge in [-0.15, -0.1) is 0 Å². The molecule has 0 spiro atoms. The number of aliphatic hydroxyl groups excluding tert-OH is 1. The Balaban J connectivity index is 1.62. The van der Waals surface area contributed by atoms with Gasteiger partial charge in [0.25, 0.3) is 0 Å². The van der Waals surface area contributed by atoms with Crippen LogP contribution in [0.5, 0.6) is 5.75 Å². The summed E-state index contributed by atoms with van der Waals surface area (Å²) in [6, 6.07) is 5.08. The third-order valence-electron chi connectivity index (χ3n) is 2.97. The van der Waals surface area contributed by atoms with Crippen molar-refractivity contribution in [3.8, 4) is 5.75 Å². The molecule has 0 radical (unpaired) electrons. The Hall–Kier alpha value is 0.220. The summed E-state index contributed by atoms with van der Waals surface area (Å²) in [6.07, 6.45) is -0.541. The van der Waals surface area contributed by atoms with Crippen molar-refractivity contribution in [2.45, 2.75) is 11.4 Å². The van der Waals surface area contributed by atoms with E-state index < -0.39 is 6.10 Å². The zero-order valence-corrected chi connectivity index (χ0v) is 14.7. The van der Waals surface area contributed by atoms with Crippen molar-refractivity contribution in [1.82, 2.24) is 5.32 Å². The van der Waals surface area contributed by atoms with Crippen LogP contribution in [0, 0.1) is 0 Å². The predicted octanol–water partition coefficient (Wildman–Crippen LogP) is 3.17. The molecular formula is C14H19Cl2NO2S2. The second-order valence-electron chi connectivity index (χ2n) is 4.77. The molecule has 0 saturated carbocycles. The molecule has 1 aliphatic rings. The van der Waals surface area contributed by atoms with Crippen LogP contribution in [0.25, 0.3) is 0 Å². The smallest absolute Gasteiger partial charge is 0.121 e. The fraction of sp³-hybridized carbons (Fsp3) is 0.571. The van der Waals surface area contributed by atoms with E-state index in [0.29, 0.717) is 27.6 Å². The average Bonchev–Trinajstić information content (AvgIpc) is 2.49. The number of ether oxygens (including phenoxy) is 1. The van der Waals surface area contributed by atoms with Gasteiger partial charge in [0.05, 0.1) is 10.0 Å². The molecule has 1 aromatic rings. The Morgan fingerprint density at radius 1 is 1.33 bits per heavy atom. The first-order valence-corrected chi connectivity index (χ1v) is 9.77. The third-order valence-corrected chi connectivity index (χ3v) is 6.55. The Morgan fingerprint density at radius 3 is 2.90 bits per heavy atom. The van der Waals surface area contributed by atoms with E-state index in [1.807, 2.05) is 23.5 Å². The Morgan fingerprint density at radius 2 is 2.19 bits per heavy atom. The van der Waals surface area contributed by atoms with Crippen LogP contribution in [0.1, 0.15) is 0 Å². The molecule has 2 unspecified atom stereocenters. The molecule has 1 saturated heterocycles. The van der Waals surface area contributed by atoms with E-state index in [-0.39, 0.29) is 6.61 Å². The average molecular weight is 368 g/mol. The van der Waals surface area contributed by atoms with Crippen molar-refractivity contribution in [2.24, 2.45) is 0 Å². The maximum absolute atomic E-state index is 9.91. The minimum Gasteiger partial charge on any atom is -0.491 e. The number of hydrogen-bond acceptors (Lipinski definition) is 5. The van der Waals surface area contributed by atoms with Crippen LogP contribution in [-0.4, -0.2) is 53.4 Å². The van der Waals surface area contributed by atoms with Crippen molar-refractivity contribution in [1.29, 1.82) is 0 Å². The molecular weight excluding hydrogens is 349 g/mol. The van der Waals surface area contributed by atoms with Crippen LogP contribution >= 0.6 is 46.7 Å². The van der Waals surface area contributed by atoms with Crippen LogP contribution in [0.2, 0.25) is 10.0 Å². The van der Waals surface area contributed by atoms with Gasteiger partial charge in [-0.1, -0.05) is 23.2 Å². The van der Waals surface area contributed by atoms with Crippen molar-refractivity contribution in [3.05, 3.63) is 28.2 Å². The number of halogens is 2. The molecule has 0 aliphatic carbocycles. The van der Waals surface area contributed by atoms with E-state index >= 15 is 0 Å². The summed E-state index contributed by atoms with van der Waals surface area (Å²) in [5, 5.41) is 14.8. The first kappa shape index (κ1) is 17.6. The monoisotopic (exact) mass is 367 g/mol. The quantitative estimate of drug-likeness (QED) is 0.774. The number of aliphatic hydroxyl groups is 1. The summed E-state index contributed by atoms with van der Waals surface area (Å²) in [4.78, 5) is 0. The van der Waals surface area contributed by atoms with E-state index in [4.69, 9.17) is 27.9 Å². The van der Waals surface area contributed by atoms with E-state index in [1.165, 1.54) is 17.3 Å². The number of benzene rings is 1. The van der Waals surface area contributed by atoms with E-state index in [0.717, 1.165) is 6.54 Å². The molecule has 1 fully saturated rings. The van der Waals surface area contributed by atoms with Crippen molar-refractivity contribution < 1.29 is 9.84 Å². The highest BCUT2D eigenvalue weighted by atomic mass is 35.5. The summed E-state index contributed by atoms with van der Waals surface area (Å²) in [5.41, 5.74) is 0. The molecule has 1 heterocycles. The summed E-state index contributed by atoms with van der Waals surface area (Å²) in [5.74, 6) is 4.28. The van der Waals surface area contributed by atoms with Gasteiger partial charge < -0.3 is 15.2 Å². The number of nitrogens with one attached hydrogen (secondary N) is 1. The van der Waals surface area contributed by atoms with Crippen molar-refractivity contribution in [2.75, 3.05) is 37.0 Å². The van der Waals surface area contributed by atoms with E-state index in [2.05, 4.69) is 5.32 Å². The fourth-order valence-corrected chi connectivity index (χ4v) is 4.82. The van der Waals surface area contributed by atoms with Gasteiger partial charge in [-0.2, -0.15) is 23.5 Å². The van der Waals surface area contributed by atoms with Gasteiger partial charge in [0.1, 0.15) is 18.5 Å². The highest BCUT2D eigenvalue weighted by Gasteiger charge is 2.14. The van der Waals surface area contributed by atoms with Crippen LogP contribution in [0.4, 0.5) is 0 Å². The highest BCUT2D eigenvalue weighted by Crippen LogP contribution is 2.26. The van der Waals surface area contributed by atoms with Gasteiger partial charge in [0.2, 0.25) is 0 Å². The molecule has 7 heteroatoms. The van der Waals surface area contributed by atoms with Gasteiger partial charge in [0.15, 0.2) is 0 Å². The van der Waals surface area contributed by atoms with E-state index in [1.54, 1.807) is 18.2 Å². The van der Waals surface area contributed by atoms with Gasteiger partial charge >= 0.3 is 0 Å².